The lowest BCUT2D eigenvalue weighted by Crippen LogP contribution is -2.24. The summed E-state index contributed by atoms with van der Waals surface area (Å²) in [5, 5.41) is 12.9. The van der Waals surface area contributed by atoms with E-state index in [1.807, 2.05) is 0 Å². The Morgan fingerprint density at radius 2 is 1.79 bits per heavy atom. The molecule has 0 spiro atoms. The number of carbonyl (C=O) groups excluding carboxylic acids is 2. The van der Waals surface area contributed by atoms with E-state index in [0.717, 1.165) is 6.92 Å². The van der Waals surface area contributed by atoms with Crippen LogP contribution in [0.25, 0.3) is 11.3 Å². The number of benzene rings is 1. The molecule has 0 bridgehead atoms. The van der Waals surface area contributed by atoms with E-state index in [9.17, 15) is 14.4 Å². The van der Waals surface area contributed by atoms with E-state index < -0.39 is 17.7 Å². The normalized spacial score (nSPS) is 10.2. The van der Waals surface area contributed by atoms with Gasteiger partial charge >= 0.3 is 11.9 Å². The van der Waals surface area contributed by atoms with Crippen LogP contribution in [0.2, 0.25) is 0 Å². The van der Waals surface area contributed by atoms with Crippen LogP contribution in [-0.2, 0) is 4.79 Å². The Labute approximate surface area is 108 Å². The Morgan fingerprint density at radius 1 is 1.16 bits per heavy atom. The molecule has 2 rings (SSSR count). The van der Waals surface area contributed by atoms with Gasteiger partial charge in [0.25, 0.3) is 0 Å². The second-order valence-electron chi connectivity index (χ2n) is 3.86. The molecule has 1 N–H and O–H groups in total. The second kappa shape index (κ2) is 4.85. The highest BCUT2D eigenvalue weighted by atomic mass is 16.4. The number of carboxylic acid groups (broad SMARTS) is 1. The molecule has 19 heavy (non-hydrogen) atoms. The average molecular weight is 258 g/mol. The molecule has 0 fully saturated rings. The SMILES string of the molecule is CC(=O)C(=O)n1nc(-c2ccccc2)cc1C(=O)O. The van der Waals surface area contributed by atoms with Crippen molar-refractivity contribution in [1.82, 2.24) is 9.78 Å². The minimum atomic E-state index is -1.32. The summed E-state index contributed by atoms with van der Waals surface area (Å²) in [4.78, 5) is 33.7. The van der Waals surface area contributed by atoms with Gasteiger partial charge in [-0.25, -0.2) is 4.79 Å². The van der Waals surface area contributed by atoms with Crippen molar-refractivity contribution in [2.24, 2.45) is 0 Å². The van der Waals surface area contributed by atoms with Crippen molar-refractivity contribution in [3.05, 3.63) is 42.1 Å². The summed E-state index contributed by atoms with van der Waals surface area (Å²) in [7, 11) is 0. The van der Waals surface area contributed by atoms with E-state index in [2.05, 4.69) is 5.10 Å². The summed E-state index contributed by atoms with van der Waals surface area (Å²) in [5.41, 5.74) is 0.659. The molecule has 0 aliphatic carbocycles. The summed E-state index contributed by atoms with van der Waals surface area (Å²) in [6, 6.07) is 10.1. The van der Waals surface area contributed by atoms with Gasteiger partial charge in [0.05, 0.1) is 5.69 Å². The van der Waals surface area contributed by atoms with Gasteiger partial charge in [0.15, 0.2) is 5.69 Å². The summed E-state index contributed by atoms with van der Waals surface area (Å²) in [6.45, 7) is 1.07. The molecular formula is C13H10N2O4. The number of carboxylic acids is 1. The van der Waals surface area contributed by atoms with Crippen molar-refractivity contribution >= 4 is 17.7 Å². The molecule has 0 aliphatic rings. The number of hydrogen-bond acceptors (Lipinski definition) is 4. The summed E-state index contributed by atoms with van der Waals surface area (Å²) in [6.07, 6.45) is 0. The van der Waals surface area contributed by atoms with E-state index in [1.54, 1.807) is 30.3 Å². The fourth-order valence-corrected chi connectivity index (χ4v) is 1.59. The fourth-order valence-electron chi connectivity index (χ4n) is 1.59. The topological polar surface area (TPSA) is 89.3 Å². The van der Waals surface area contributed by atoms with Crippen LogP contribution < -0.4 is 0 Å². The van der Waals surface area contributed by atoms with Crippen LogP contribution >= 0.6 is 0 Å². The lowest BCUT2D eigenvalue weighted by molar-refractivity contribution is -0.113. The van der Waals surface area contributed by atoms with E-state index in [1.165, 1.54) is 6.07 Å². The molecule has 0 atom stereocenters. The number of hydrogen-bond donors (Lipinski definition) is 1. The summed E-state index contributed by atoms with van der Waals surface area (Å²) < 4.78 is 0.618. The molecule has 0 unspecified atom stereocenters. The highest BCUT2D eigenvalue weighted by molar-refractivity contribution is 6.36. The Bertz CT molecular complexity index is 659. The number of Topliss-reactive ketones (excluding diaryl/α,β-unsaturated/α-hetero) is 1. The molecule has 2 aromatic rings. The molecule has 0 radical (unpaired) electrons. The van der Waals surface area contributed by atoms with Gasteiger partial charge in [-0.15, -0.1) is 0 Å². The minimum Gasteiger partial charge on any atom is -0.477 e. The van der Waals surface area contributed by atoms with Crippen molar-refractivity contribution in [3.8, 4) is 11.3 Å². The van der Waals surface area contributed by atoms with Gasteiger partial charge in [0, 0.05) is 12.5 Å². The predicted molar refractivity (Wildman–Crippen MR) is 65.9 cm³/mol. The third-order valence-electron chi connectivity index (χ3n) is 2.49. The molecule has 0 saturated carbocycles. The molecule has 1 aromatic carbocycles. The maximum Gasteiger partial charge on any atom is 0.354 e. The maximum absolute atomic E-state index is 11.6. The lowest BCUT2D eigenvalue weighted by atomic mass is 10.1. The Morgan fingerprint density at radius 3 is 2.32 bits per heavy atom. The van der Waals surface area contributed by atoms with Crippen molar-refractivity contribution in [2.75, 3.05) is 0 Å². The van der Waals surface area contributed by atoms with Gasteiger partial charge in [-0.3, -0.25) is 9.59 Å². The van der Waals surface area contributed by atoms with Gasteiger partial charge < -0.3 is 5.11 Å². The van der Waals surface area contributed by atoms with Crippen LogP contribution in [0.4, 0.5) is 0 Å². The van der Waals surface area contributed by atoms with Gasteiger partial charge in [-0.05, 0) is 6.07 Å². The third-order valence-corrected chi connectivity index (χ3v) is 2.49. The zero-order valence-electron chi connectivity index (χ0n) is 10.0. The first kappa shape index (κ1) is 12.7. The Hall–Kier alpha value is -2.76. The molecule has 1 heterocycles. The number of nitrogens with zero attached hydrogens (tertiary/aromatic N) is 2. The van der Waals surface area contributed by atoms with Crippen LogP contribution in [0.15, 0.2) is 36.4 Å². The Balaban J connectivity index is 2.56. The number of aromatic carboxylic acids is 1. The van der Waals surface area contributed by atoms with Gasteiger partial charge in [-0.2, -0.15) is 9.78 Å². The van der Waals surface area contributed by atoms with Crippen LogP contribution in [0, 0.1) is 0 Å². The van der Waals surface area contributed by atoms with Crippen LogP contribution in [-0.4, -0.2) is 32.5 Å². The van der Waals surface area contributed by atoms with Crippen LogP contribution in [0.5, 0.6) is 0 Å². The molecule has 6 heteroatoms. The molecule has 0 amide bonds. The highest BCUT2D eigenvalue weighted by Gasteiger charge is 2.22. The van der Waals surface area contributed by atoms with Crippen molar-refractivity contribution < 1.29 is 19.5 Å². The number of ketones is 1. The Kier molecular flexibility index (Phi) is 3.24. The van der Waals surface area contributed by atoms with Crippen molar-refractivity contribution in [3.63, 3.8) is 0 Å². The molecule has 0 aliphatic heterocycles. The van der Waals surface area contributed by atoms with Crippen molar-refractivity contribution in [2.45, 2.75) is 6.92 Å². The average Bonchev–Trinajstić information content (AvgIpc) is 2.83. The van der Waals surface area contributed by atoms with Gasteiger partial charge in [0.2, 0.25) is 5.78 Å². The highest BCUT2D eigenvalue weighted by Crippen LogP contribution is 2.18. The maximum atomic E-state index is 11.6. The number of aromatic nitrogens is 2. The van der Waals surface area contributed by atoms with E-state index in [4.69, 9.17) is 5.11 Å². The second-order valence-corrected chi connectivity index (χ2v) is 3.86. The smallest absolute Gasteiger partial charge is 0.354 e. The molecular weight excluding hydrogens is 248 g/mol. The molecule has 96 valence electrons. The third kappa shape index (κ3) is 2.42. The first-order valence-electron chi connectivity index (χ1n) is 5.44. The van der Waals surface area contributed by atoms with Gasteiger partial charge in [0.1, 0.15) is 0 Å². The minimum absolute atomic E-state index is 0.326. The van der Waals surface area contributed by atoms with E-state index >= 15 is 0 Å². The first-order valence-corrected chi connectivity index (χ1v) is 5.44. The van der Waals surface area contributed by atoms with Crippen LogP contribution in [0.1, 0.15) is 22.2 Å². The zero-order valence-corrected chi connectivity index (χ0v) is 10.0. The van der Waals surface area contributed by atoms with Gasteiger partial charge in [-0.1, -0.05) is 30.3 Å². The van der Waals surface area contributed by atoms with E-state index in [-0.39, 0.29) is 5.69 Å². The summed E-state index contributed by atoms with van der Waals surface area (Å²) >= 11 is 0. The predicted octanol–water partition coefficient (Wildman–Crippen LogP) is 1.48. The lowest BCUT2D eigenvalue weighted by Gasteiger charge is -1.98. The number of carbonyl (C=O) groups is 3. The van der Waals surface area contributed by atoms with E-state index in [0.29, 0.717) is 15.9 Å². The largest absolute Gasteiger partial charge is 0.477 e. The van der Waals surface area contributed by atoms with Crippen LogP contribution in [0.3, 0.4) is 0 Å². The fraction of sp³-hybridized carbons (Fsp3) is 0.0769. The molecule has 1 aromatic heterocycles. The summed E-state index contributed by atoms with van der Waals surface area (Å²) in [5.74, 6) is -3.06. The zero-order chi connectivity index (χ0) is 14.0. The molecule has 0 saturated heterocycles. The number of rotatable bonds is 3. The molecule has 6 nitrogen and oxygen atoms in total. The monoisotopic (exact) mass is 258 g/mol. The first-order chi connectivity index (χ1) is 9.00. The quantitative estimate of drug-likeness (QED) is 0.842. The standard InChI is InChI=1S/C13H10N2O4/c1-8(16)12(17)15-11(13(18)19)7-10(14-15)9-5-3-2-4-6-9/h2-7H,1H3,(H,18,19). The van der Waals surface area contributed by atoms with Crippen molar-refractivity contribution in [1.29, 1.82) is 0 Å².